The lowest BCUT2D eigenvalue weighted by Gasteiger charge is -2.21. The molecule has 0 spiro atoms. The molecule has 0 aromatic heterocycles. The SMILES string of the molecule is Cl.O=C1CC(Cc2ccc(C(=O)N3CC[C@@H]4CNC[C@@H]4CC3)cc2)C(=O)N1. The van der Waals surface area contributed by atoms with E-state index in [4.69, 9.17) is 0 Å². The highest BCUT2D eigenvalue weighted by atomic mass is 35.5. The van der Waals surface area contributed by atoms with E-state index in [2.05, 4.69) is 10.6 Å². The standard InChI is InChI=1S/C20H25N3O3.ClH/c24-18-10-17(19(25)22-18)9-13-1-3-14(4-2-13)20(26)23-7-5-15-11-21-12-16(15)6-8-23;/h1-4,15-17,21H,5-12H2,(H,22,24,25);1H/t15-,16+,17?;. The number of hydrogen-bond acceptors (Lipinski definition) is 4. The van der Waals surface area contributed by atoms with Crippen LogP contribution in [0.2, 0.25) is 0 Å². The number of halogens is 1. The molecule has 1 unspecified atom stereocenters. The molecule has 3 fully saturated rings. The van der Waals surface area contributed by atoms with Crippen LogP contribution in [-0.2, 0) is 16.0 Å². The van der Waals surface area contributed by atoms with Crippen LogP contribution in [0.4, 0.5) is 0 Å². The Bertz CT molecular complexity index is 708. The molecule has 1 aromatic rings. The first-order valence-corrected chi connectivity index (χ1v) is 9.53. The third-order valence-corrected chi connectivity index (χ3v) is 6.05. The summed E-state index contributed by atoms with van der Waals surface area (Å²) in [5.41, 5.74) is 1.68. The highest BCUT2D eigenvalue weighted by Crippen LogP contribution is 2.27. The predicted molar refractivity (Wildman–Crippen MR) is 104 cm³/mol. The summed E-state index contributed by atoms with van der Waals surface area (Å²) in [5, 5.41) is 5.80. The molecule has 3 atom stereocenters. The van der Waals surface area contributed by atoms with Crippen molar-refractivity contribution in [2.75, 3.05) is 26.2 Å². The molecule has 2 N–H and O–H groups in total. The van der Waals surface area contributed by atoms with Gasteiger partial charge < -0.3 is 10.2 Å². The van der Waals surface area contributed by atoms with Crippen LogP contribution in [0, 0.1) is 17.8 Å². The highest BCUT2D eigenvalue weighted by Gasteiger charge is 2.32. The summed E-state index contributed by atoms with van der Waals surface area (Å²) in [6.07, 6.45) is 2.94. The maximum atomic E-state index is 12.8. The average molecular weight is 392 g/mol. The Morgan fingerprint density at radius 2 is 1.67 bits per heavy atom. The van der Waals surface area contributed by atoms with E-state index in [-0.39, 0.29) is 42.5 Å². The maximum absolute atomic E-state index is 12.8. The van der Waals surface area contributed by atoms with E-state index in [9.17, 15) is 14.4 Å². The Hall–Kier alpha value is -1.92. The van der Waals surface area contributed by atoms with Gasteiger partial charge in [0.1, 0.15) is 0 Å². The molecule has 3 amide bonds. The second-order valence-corrected chi connectivity index (χ2v) is 7.76. The fourth-order valence-corrected chi connectivity index (χ4v) is 4.44. The summed E-state index contributed by atoms with van der Waals surface area (Å²) in [5.74, 6) is 0.819. The summed E-state index contributed by atoms with van der Waals surface area (Å²) in [7, 11) is 0. The molecule has 7 heteroatoms. The summed E-state index contributed by atoms with van der Waals surface area (Å²) in [6.45, 7) is 3.82. The number of likely N-dealkylation sites (tertiary alicyclic amines) is 1. The molecule has 0 aliphatic carbocycles. The van der Waals surface area contributed by atoms with Crippen molar-refractivity contribution in [2.24, 2.45) is 17.8 Å². The van der Waals surface area contributed by atoms with Gasteiger partial charge in [0, 0.05) is 25.1 Å². The van der Waals surface area contributed by atoms with E-state index in [0.717, 1.165) is 44.6 Å². The van der Waals surface area contributed by atoms with E-state index < -0.39 is 0 Å². The Morgan fingerprint density at radius 3 is 2.22 bits per heavy atom. The van der Waals surface area contributed by atoms with Gasteiger partial charge in [-0.1, -0.05) is 12.1 Å². The van der Waals surface area contributed by atoms with E-state index in [1.54, 1.807) is 0 Å². The third kappa shape index (κ3) is 4.33. The predicted octanol–water partition coefficient (Wildman–Crippen LogP) is 1.39. The lowest BCUT2D eigenvalue weighted by molar-refractivity contribution is -0.125. The van der Waals surface area contributed by atoms with Crippen LogP contribution in [0.25, 0.3) is 0 Å². The van der Waals surface area contributed by atoms with Crippen molar-refractivity contribution in [2.45, 2.75) is 25.7 Å². The minimum atomic E-state index is -0.289. The molecule has 27 heavy (non-hydrogen) atoms. The van der Waals surface area contributed by atoms with E-state index in [1.165, 1.54) is 0 Å². The Labute approximate surface area is 165 Å². The first kappa shape index (κ1) is 19.8. The van der Waals surface area contributed by atoms with Crippen LogP contribution < -0.4 is 10.6 Å². The van der Waals surface area contributed by atoms with Crippen LogP contribution in [0.5, 0.6) is 0 Å². The third-order valence-electron chi connectivity index (χ3n) is 6.05. The molecular weight excluding hydrogens is 366 g/mol. The molecule has 1 aromatic carbocycles. The maximum Gasteiger partial charge on any atom is 0.253 e. The lowest BCUT2D eigenvalue weighted by atomic mass is 9.92. The number of fused-ring (bicyclic) bond motifs is 1. The van der Waals surface area contributed by atoms with E-state index in [1.807, 2.05) is 29.2 Å². The zero-order valence-corrected chi connectivity index (χ0v) is 16.1. The van der Waals surface area contributed by atoms with Gasteiger partial charge in [-0.05, 0) is 61.9 Å². The molecule has 3 heterocycles. The van der Waals surface area contributed by atoms with Crippen LogP contribution >= 0.6 is 12.4 Å². The van der Waals surface area contributed by atoms with Crippen LogP contribution in [0.1, 0.15) is 35.2 Å². The van der Waals surface area contributed by atoms with Gasteiger partial charge in [0.05, 0.1) is 5.92 Å². The second kappa shape index (κ2) is 8.40. The molecule has 6 nitrogen and oxygen atoms in total. The van der Waals surface area contributed by atoms with Gasteiger partial charge in [-0.3, -0.25) is 19.7 Å². The number of amides is 3. The van der Waals surface area contributed by atoms with E-state index in [0.29, 0.717) is 23.8 Å². The van der Waals surface area contributed by atoms with Gasteiger partial charge in [0.25, 0.3) is 5.91 Å². The van der Waals surface area contributed by atoms with Crippen molar-refractivity contribution in [3.05, 3.63) is 35.4 Å². The Morgan fingerprint density at radius 1 is 1.04 bits per heavy atom. The van der Waals surface area contributed by atoms with Crippen molar-refractivity contribution in [1.29, 1.82) is 0 Å². The Kier molecular flexibility index (Phi) is 6.17. The lowest BCUT2D eigenvalue weighted by Crippen LogP contribution is -2.32. The van der Waals surface area contributed by atoms with Crippen molar-refractivity contribution in [1.82, 2.24) is 15.5 Å². The molecule has 4 rings (SSSR count). The van der Waals surface area contributed by atoms with Gasteiger partial charge in [-0.25, -0.2) is 0 Å². The van der Waals surface area contributed by atoms with Crippen molar-refractivity contribution in [3.63, 3.8) is 0 Å². The molecule has 146 valence electrons. The summed E-state index contributed by atoms with van der Waals surface area (Å²) >= 11 is 0. The minimum Gasteiger partial charge on any atom is -0.339 e. The van der Waals surface area contributed by atoms with Crippen molar-refractivity contribution >= 4 is 30.1 Å². The van der Waals surface area contributed by atoms with Crippen molar-refractivity contribution < 1.29 is 14.4 Å². The fourth-order valence-electron chi connectivity index (χ4n) is 4.44. The van der Waals surface area contributed by atoms with Crippen LogP contribution in [0.15, 0.2) is 24.3 Å². The summed E-state index contributed by atoms with van der Waals surface area (Å²) < 4.78 is 0. The molecule has 3 aliphatic heterocycles. The number of nitrogens with zero attached hydrogens (tertiary/aromatic N) is 1. The fraction of sp³-hybridized carbons (Fsp3) is 0.550. The number of benzene rings is 1. The Balaban J connectivity index is 0.00000210. The minimum absolute atomic E-state index is 0. The molecule has 0 radical (unpaired) electrons. The molecule has 0 bridgehead atoms. The number of nitrogens with one attached hydrogen (secondary N) is 2. The quantitative estimate of drug-likeness (QED) is 0.763. The van der Waals surface area contributed by atoms with Gasteiger partial charge in [0.2, 0.25) is 11.8 Å². The second-order valence-electron chi connectivity index (χ2n) is 7.76. The zero-order chi connectivity index (χ0) is 18.1. The van der Waals surface area contributed by atoms with Crippen LogP contribution in [-0.4, -0.2) is 48.8 Å². The van der Waals surface area contributed by atoms with Gasteiger partial charge >= 0.3 is 0 Å². The molecule has 0 saturated carbocycles. The number of rotatable bonds is 3. The number of imide groups is 1. The average Bonchev–Trinajstić information content (AvgIpc) is 3.15. The van der Waals surface area contributed by atoms with Crippen molar-refractivity contribution in [3.8, 4) is 0 Å². The summed E-state index contributed by atoms with van der Waals surface area (Å²) in [4.78, 5) is 37.8. The number of hydrogen-bond donors (Lipinski definition) is 2. The van der Waals surface area contributed by atoms with E-state index >= 15 is 0 Å². The molecule has 3 saturated heterocycles. The summed E-state index contributed by atoms with van der Waals surface area (Å²) in [6, 6.07) is 7.50. The topological polar surface area (TPSA) is 78.5 Å². The molecular formula is C20H26ClN3O3. The highest BCUT2D eigenvalue weighted by molar-refractivity contribution is 6.03. The first-order valence-electron chi connectivity index (χ1n) is 9.53. The van der Waals surface area contributed by atoms with Gasteiger partial charge in [0.15, 0.2) is 0 Å². The van der Waals surface area contributed by atoms with Gasteiger partial charge in [-0.15, -0.1) is 12.4 Å². The number of carbonyl (C=O) groups excluding carboxylic acids is 3. The smallest absolute Gasteiger partial charge is 0.253 e. The normalized spacial score (nSPS) is 27.6. The monoisotopic (exact) mass is 391 g/mol. The number of carbonyl (C=O) groups is 3. The molecule has 3 aliphatic rings. The largest absolute Gasteiger partial charge is 0.339 e. The van der Waals surface area contributed by atoms with Crippen LogP contribution in [0.3, 0.4) is 0 Å². The first-order chi connectivity index (χ1) is 12.6. The zero-order valence-electron chi connectivity index (χ0n) is 15.3. The van der Waals surface area contributed by atoms with Gasteiger partial charge in [-0.2, -0.15) is 0 Å².